The van der Waals surface area contributed by atoms with Crippen molar-refractivity contribution in [3.05, 3.63) is 23.7 Å². The van der Waals surface area contributed by atoms with Gasteiger partial charge in [0.15, 0.2) is 11.7 Å². The van der Waals surface area contributed by atoms with Crippen LogP contribution in [0.3, 0.4) is 0 Å². The van der Waals surface area contributed by atoms with Crippen molar-refractivity contribution in [1.29, 1.82) is 0 Å². The summed E-state index contributed by atoms with van der Waals surface area (Å²) < 4.78 is 17.0. The van der Waals surface area contributed by atoms with E-state index in [1.807, 2.05) is 0 Å². The van der Waals surface area contributed by atoms with Crippen LogP contribution in [-0.4, -0.2) is 62.3 Å². The summed E-state index contributed by atoms with van der Waals surface area (Å²) in [7, 11) is 1.76. The van der Waals surface area contributed by atoms with E-state index in [2.05, 4.69) is 15.2 Å². The van der Waals surface area contributed by atoms with E-state index < -0.39 is 5.91 Å². The van der Waals surface area contributed by atoms with Crippen molar-refractivity contribution in [1.82, 2.24) is 10.2 Å². The largest absolute Gasteiger partial charge is 0.454 e. The number of carbonyl (C=O) groups is 1. The van der Waals surface area contributed by atoms with Crippen molar-refractivity contribution in [2.24, 2.45) is 10.7 Å². The van der Waals surface area contributed by atoms with Gasteiger partial charge in [-0.1, -0.05) is 0 Å². The van der Waals surface area contributed by atoms with Crippen molar-refractivity contribution < 1.29 is 18.7 Å². The number of hydrogen-bond acceptors (Lipinski definition) is 5. The van der Waals surface area contributed by atoms with Gasteiger partial charge in [0.2, 0.25) is 0 Å². The number of likely N-dealkylation sites (tertiary alicyclic amines) is 1. The number of guanidine groups is 1. The summed E-state index contributed by atoms with van der Waals surface area (Å²) in [6.07, 6.45) is 4.77. The highest BCUT2D eigenvalue weighted by Gasteiger charge is 2.24. The van der Waals surface area contributed by atoms with Gasteiger partial charge in [0.1, 0.15) is 5.76 Å². The van der Waals surface area contributed by atoms with Crippen LogP contribution in [-0.2, 0) is 16.0 Å². The van der Waals surface area contributed by atoms with Gasteiger partial charge < -0.3 is 29.8 Å². The minimum Gasteiger partial charge on any atom is -0.454 e. The van der Waals surface area contributed by atoms with E-state index in [-0.39, 0.29) is 41.9 Å². The molecule has 9 heteroatoms. The highest BCUT2D eigenvalue weighted by molar-refractivity contribution is 14.0. The molecule has 0 bridgehead atoms. The molecule has 0 aliphatic carbocycles. The molecule has 2 aliphatic heterocycles. The van der Waals surface area contributed by atoms with Crippen molar-refractivity contribution in [2.45, 2.75) is 44.4 Å². The van der Waals surface area contributed by atoms with E-state index in [9.17, 15) is 4.79 Å². The molecule has 1 aromatic heterocycles. The van der Waals surface area contributed by atoms with Crippen LogP contribution < -0.4 is 11.1 Å². The summed E-state index contributed by atoms with van der Waals surface area (Å²) in [5, 5.41) is 3.27. The van der Waals surface area contributed by atoms with Crippen molar-refractivity contribution in [3.63, 3.8) is 0 Å². The zero-order chi connectivity index (χ0) is 18.4. The summed E-state index contributed by atoms with van der Waals surface area (Å²) in [4.78, 5) is 17.6. The molecule has 1 aromatic rings. The molecule has 27 heavy (non-hydrogen) atoms. The number of nitrogens with two attached hydrogens (primary N) is 1. The number of aliphatic imine (C=N–C) groups is 1. The molecular weight excluding hydrogens is 463 g/mol. The smallest absolute Gasteiger partial charge is 0.284 e. The van der Waals surface area contributed by atoms with Gasteiger partial charge in [0.25, 0.3) is 5.91 Å². The Bertz CT molecular complexity index is 623. The van der Waals surface area contributed by atoms with Gasteiger partial charge in [-0.15, -0.1) is 24.0 Å². The summed E-state index contributed by atoms with van der Waals surface area (Å²) in [5.74, 6) is 1.07. The van der Waals surface area contributed by atoms with E-state index in [1.54, 1.807) is 19.2 Å². The number of furan rings is 1. The molecule has 0 saturated carbocycles. The Labute approximate surface area is 176 Å². The molecule has 1 atom stereocenters. The molecule has 0 radical (unpaired) electrons. The predicted molar refractivity (Wildman–Crippen MR) is 112 cm³/mol. The maximum atomic E-state index is 11.1. The van der Waals surface area contributed by atoms with Gasteiger partial charge in [-0.25, -0.2) is 0 Å². The van der Waals surface area contributed by atoms with Crippen LogP contribution in [0.15, 0.2) is 21.5 Å². The Morgan fingerprint density at radius 1 is 1.37 bits per heavy atom. The normalized spacial score (nSPS) is 21.1. The quantitative estimate of drug-likeness (QED) is 0.357. The number of ether oxygens (including phenoxy) is 2. The molecule has 3 heterocycles. The monoisotopic (exact) mass is 492 g/mol. The topological polar surface area (TPSA) is 102 Å². The Morgan fingerprint density at radius 3 is 2.74 bits per heavy atom. The number of hydrogen-bond donors (Lipinski definition) is 2. The SMILES string of the molecule is CN=C(NCc1ccc(C(N)=O)o1)N1CCC(OCC2CCCO2)CC1.I. The fraction of sp³-hybridized carbons (Fsp3) is 0.667. The number of halogens is 1. The molecule has 0 aromatic carbocycles. The summed E-state index contributed by atoms with van der Waals surface area (Å²) in [5.41, 5.74) is 5.20. The van der Waals surface area contributed by atoms with Crippen molar-refractivity contribution in [3.8, 4) is 0 Å². The van der Waals surface area contributed by atoms with E-state index in [4.69, 9.17) is 19.6 Å². The van der Waals surface area contributed by atoms with Crippen LogP contribution in [0.2, 0.25) is 0 Å². The van der Waals surface area contributed by atoms with Gasteiger partial charge in [-0.2, -0.15) is 0 Å². The highest BCUT2D eigenvalue weighted by Crippen LogP contribution is 2.18. The number of primary amides is 1. The maximum Gasteiger partial charge on any atom is 0.284 e. The lowest BCUT2D eigenvalue weighted by Gasteiger charge is -2.34. The van der Waals surface area contributed by atoms with Crippen molar-refractivity contribution >= 4 is 35.8 Å². The average molecular weight is 492 g/mol. The second kappa shape index (κ2) is 10.9. The second-order valence-electron chi connectivity index (χ2n) is 6.69. The lowest BCUT2D eigenvalue weighted by atomic mass is 10.1. The molecule has 1 amide bonds. The number of amides is 1. The molecule has 3 N–H and O–H groups in total. The lowest BCUT2D eigenvalue weighted by molar-refractivity contribution is -0.0367. The van der Waals surface area contributed by atoms with Gasteiger partial charge >= 0.3 is 0 Å². The standard InChI is InChI=1S/C18H28N4O4.HI/c1-20-18(21-11-14-4-5-16(26-14)17(19)23)22-8-6-13(7-9-22)25-12-15-3-2-10-24-15;/h4-5,13,15H,2-3,6-12H2,1H3,(H2,19,23)(H,20,21);1H. The van der Waals surface area contributed by atoms with E-state index >= 15 is 0 Å². The molecule has 0 spiro atoms. The first kappa shape index (κ1) is 22.0. The van der Waals surface area contributed by atoms with Crippen LogP contribution in [0.5, 0.6) is 0 Å². The molecule has 2 fully saturated rings. The fourth-order valence-electron chi connectivity index (χ4n) is 3.36. The maximum absolute atomic E-state index is 11.1. The first-order valence-electron chi connectivity index (χ1n) is 9.23. The lowest BCUT2D eigenvalue weighted by Crippen LogP contribution is -2.47. The molecule has 1 unspecified atom stereocenters. The van der Waals surface area contributed by atoms with Gasteiger partial charge in [0.05, 0.1) is 25.4 Å². The van der Waals surface area contributed by atoms with Gasteiger partial charge in [0, 0.05) is 26.7 Å². The molecule has 2 aliphatic rings. The minimum absolute atomic E-state index is 0. The predicted octanol–water partition coefficient (Wildman–Crippen LogP) is 1.73. The Balaban J connectivity index is 0.00000261. The van der Waals surface area contributed by atoms with Gasteiger partial charge in [-0.3, -0.25) is 9.79 Å². The summed E-state index contributed by atoms with van der Waals surface area (Å²) in [6.45, 7) is 3.81. The average Bonchev–Trinajstić information content (AvgIpc) is 3.33. The van der Waals surface area contributed by atoms with E-state index in [1.165, 1.54) is 0 Å². The van der Waals surface area contributed by atoms with Crippen LogP contribution in [0.25, 0.3) is 0 Å². The number of nitrogens with one attached hydrogen (secondary N) is 1. The van der Waals surface area contributed by atoms with Crippen LogP contribution >= 0.6 is 24.0 Å². The summed E-state index contributed by atoms with van der Waals surface area (Å²) >= 11 is 0. The third kappa shape index (κ3) is 6.35. The van der Waals surface area contributed by atoms with E-state index in [0.717, 1.165) is 51.3 Å². The molecule has 3 rings (SSSR count). The summed E-state index contributed by atoms with van der Waals surface area (Å²) in [6, 6.07) is 3.32. The third-order valence-corrected chi connectivity index (χ3v) is 4.82. The number of piperidine rings is 1. The number of nitrogens with zero attached hydrogens (tertiary/aromatic N) is 2. The van der Waals surface area contributed by atoms with Crippen LogP contribution in [0.1, 0.15) is 42.0 Å². The minimum atomic E-state index is -0.564. The first-order valence-corrected chi connectivity index (χ1v) is 9.23. The first-order chi connectivity index (χ1) is 12.7. The number of rotatable bonds is 6. The number of carbonyl (C=O) groups excluding carboxylic acids is 1. The second-order valence-corrected chi connectivity index (χ2v) is 6.69. The fourth-order valence-corrected chi connectivity index (χ4v) is 3.36. The van der Waals surface area contributed by atoms with Crippen molar-refractivity contribution in [2.75, 3.05) is 33.4 Å². The van der Waals surface area contributed by atoms with Crippen LogP contribution in [0.4, 0.5) is 0 Å². The zero-order valence-electron chi connectivity index (χ0n) is 15.7. The Morgan fingerprint density at radius 2 is 2.15 bits per heavy atom. The highest BCUT2D eigenvalue weighted by atomic mass is 127. The van der Waals surface area contributed by atoms with Crippen LogP contribution in [0, 0.1) is 0 Å². The Kier molecular flexibility index (Phi) is 8.84. The third-order valence-electron chi connectivity index (χ3n) is 4.82. The molecular formula is C18H29IN4O4. The zero-order valence-corrected chi connectivity index (χ0v) is 18.0. The van der Waals surface area contributed by atoms with Gasteiger partial charge in [-0.05, 0) is 37.8 Å². The molecule has 8 nitrogen and oxygen atoms in total. The molecule has 152 valence electrons. The Hall–Kier alpha value is -1.33. The van der Waals surface area contributed by atoms with E-state index in [0.29, 0.717) is 18.9 Å². The molecule has 2 saturated heterocycles.